The van der Waals surface area contributed by atoms with E-state index in [0.717, 1.165) is 11.5 Å². The molecule has 1 N–H and O–H groups in total. The third-order valence-electron chi connectivity index (χ3n) is 3.26. The predicted octanol–water partition coefficient (Wildman–Crippen LogP) is 2.31. The molecule has 0 aliphatic heterocycles. The Balaban J connectivity index is 1.74. The average molecular weight is 296 g/mol. The maximum Gasteiger partial charge on any atom is 0.269 e. The molecule has 3 heterocycles. The van der Waals surface area contributed by atoms with Gasteiger partial charge in [0.1, 0.15) is 17.1 Å². The fraction of sp³-hybridized carbons (Fsp3) is 0.188. The Hall–Kier alpha value is -2.89. The normalized spacial score (nSPS) is 10.6. The SMILES string of the molecule is Cc1ccc(-c2cc(C(=O)NCc3ccccn3)n(C)n2)o1. The summed E-state index contributed by atoms with van der Waals surface area (Å²) in [4.78, 5) is 16.4. The molecule has 0 spiro atoms. The highest BCUT2D eigenvalue weighted by atomic mass is 16.3. The zero-order valence-corrected chi connectivity index (χ0v) is 12.4. The van der Waals surface area contributed by atoms with Crippen LogP contribution >= 0.6 is 0 Å². The molecule has 3 aromatic heterocycles. The zero-order chi connectivity index (χ0) is 15.5. The first-order valence-corrected chi connectivity index (χ1v) is 6.92. The number of amides is 1. The van der Waals surface area contributed by atoms with E-state index in [1.807, 2.05) is 37.3 Å². The number of aromatic nitrogens is 3. The van der Waals surface area contributed by atoms with Crippen molar-refractivity contribution in [1.82, 2.24) is 20.1 Å². The number of carbonyl (C=O) groups excluding carboxylic acids is 1. The molecular formula is C16H16N4O2. The summed E-state index contributed by atoms with van der Waals surface area (Å²) in [7, 11) is 1.73. The molecule has 0 saturated heterocycles. The predicted molar refractivity (Wildman–Crippen MR) is 81.1 cm³/mol. The summed E-state index contributed by atoms with van der Waals surface area (Å²) >= 11 is 0. The molecule has 112 valence electrons. The van der Waals surface area contributed by atoms with E-state index < -0.39 is 0 Å². The van der Waals surface area contributed by atoms with E-state index in [0.29, 0.717) is 23.7 Å². The van der Waals surface area contributed by atoms with Gasteiger partial charge in [-0.1, -0.05) is 6.07 Å². The Morgan fingerprint density at radius 2 is 2.18 bits per heavy atom. The molecule has 0 aliphatic carbocycles. The highest BCUT2D eigenvalue weighted by molar-refractivity contribution is 5.93. The minimum atomic E-state index is -0.199. The molecule has 0 radical (unpaired) electrons. The van der Waals surface area contributed by atoms with Gasteiger partial charge in [-0.3, -0.25) is 14.5 Å². The highest BCUT2D eigenvalue weighted by Gasteiger charge is 2.15. The van der Waals surface area contributed by atoms with E-state index in [1.54, 1.807) is 24.0 Å². The van der Waals surface area contributed by atoms with E-state index in [9.17, 15) is 4.79 Å². The second-order valence-electron chi connectivity index (χ2n) is 4.95. The topological polar surface area (TPSA) is 73.0 Å². The molecule has 0 unspecified atom stereocenters. The monoisotopic (exact) mass is 296 g/mol. The van der Waals surface area contributed by atoms with Crippen LogP contribution in [0.25, 0.3) is 11.5 Å². The number of hydrogen-bond donors (Lipinski definition) is 1. The van der Waals surface area contributed by atoms with E-state index in [-0.39, 0.29) is 5.91 Å². The number of aryl methyl sites for hydroxylation is 2. The largest absolute Gasteiger partial charge is 0.460 e. The Morgan fingerprint density at radius 3 is 2.86 bits per heavy atom. The lowest BCUT2D eigenvalue weighted by Crippen LogP contribution is -2.25. The van der Waals surface area contributed by atoms with Crippen molar-refractivity contribution in [3.8, 4) is 11.5 Å². The van der Waals surface area contributed by atoms with Gasteiger partial charge in [0.15, 0.2) is 5.76 Å². The highest BCUT2D eigenvalue weighted by Crippen LogP contribution is 2.21. The van der Waals surface area contributed by atoms with Crippen molar-refractivity contribution in [2.24, 2.45) is 7.05 Å². The molecule has 6 heteroatoms. The number of carbonyl (C=O) groups is 1. The Kier molecular flexibility index (Phi) is 3.74. The molecule has 22 heavy (non-hydrogen) atoms. The number of hydrogen-bond acceptors (Lipinski definition) is 4. The molecule has 0 aromatic carbocycles. The van der Waals surface area contributed by atoms with Crippen LogP contribution in [0.5, 0.6) is 0 Å². The first kappa shape index (κ1) is 14.1. The first-order valence-electron chi connectivity index (χ1n) is 6.92. The lowest BCUT2D eigenvalue weighted by molar-refractivity contribution is 0.0941. The molecule has 0 aliphatic rings. The van der Waals surface area contributed by atoms with Gasteiger partial charge >= 0.3 is 0 Å². The summed E-state index contributed by atoms with van der Waals surface area (Å²) in [5.41, 5.74) is 1.92. The number of nitrogens with zero attached hydrogens (tertiary/aromatic N) is 3. The molecule has 0 atom stereocenters. The number of furan rings is 1. The van der Waals surface area contributed by atoms with Gasteiger partial charge in [0, 0.05) is 19.3 Å². The molecular weight excluding hydrogens is 280 g/mol. The number of pyridine rings is 1. The van der Waals surface area contributed by atoms with Gasteiger partial charge in [0.25, 0.3) is 5.91 Å². The summed E-state index contributed by atoms with van der Waals surface area (Å²) in [5.74, 6) is 1.26. The number of nitrogens with one attached hydrogen (secondary N) is 1. The zero-order valence-electron chi connectivity index (χ0n) is 12.4. The van der Waals surface area contributed by atoms with Crippen LogP contribution in [-0.4, -0.2) is 20.7 Å². The van der Waals surface area contributed by atoms with Crippen LogP contribution in [-0.2, 0) is 13.6 Å². The Labute approximate surface area is 127 Å². The second-order valence-corrected chi connectivity index (χ2v) is 4.95. The summed E-state index contributed by atoms with van der Waals surface area (Å²) in [6.07, 6.45) is 1.70. The van der Waals surface area contributed by atoms with Gasteiger partial charge < -0.3 is 9.73 Å². The molecule has 0 bridgehead atoms. The van der Waals surface area contributed by atoms with Crippen molar-refractivity contribution < 1.29 is 9.21 Å². The molecule has 0 fully saturated rings. The fourth-order valence-corrected chi connectivity index (χ4v) is 2.14. The molecule has 1 amide bonds. The standard InChI is InChI=1S/C16H16N4O2/c1-11-6-7-15(22-11)13-9-14(20(2)19-13)16(21)18-10-12-5-3-4-8-17-12/h3-9H,10H2,1-2H3,(H,18,21). The van der Waals surface area contributed by atoms with Gasteiger partial charge in [0.2, 0.25) is 0 Å². The van der Waals surface area contributed by atoms with Gasteiger partial charge in [-0.25, -0.2) is 0 Å². The molecule has 6 nitrogen and oxygen atoms in total. The van der Waals surface area contributed by atoms with Crippen LogP contribution in [0.4, 0.5) is 0 Å². The lowest BCUT2D eigenvalue weighted by atomic mass is 10.3. The maximum absolute atomic E-state index is 12.3. The van der Waals surface area contributed by atoms with E-state index >= 15 is 0 Å². The summed E-state index contributed by atoms with van der Waals surface area (Å²) in [6.45, 7) is 2.24. The minimum absolute atomic E-state index is 0.199. The van der Waals surface area contributed by atoms with Crippen LogP contribution in [0, 0.1) is 6.92 Å². The van der Waals surface area contributed by atoms with Crippen molar-refractivity contribution >= 4 is 5.91 Å². The van der Waals surface area contributed by atoms with Crippen LogP contribution < -0.4 is 5.32 Å². The van der Waals surface area contributed by atoms with Crippen LogP contribution in [0.2, 0.25) is 0 Å². The van der Waals surface area contributed by atoms with Gasteiger partial charge in [0.05, 0.1) is 12.2 Å². The third kappa shape index (κ3) is 2.90. The van der Waals surface area contributed by atoms with Crippen molar-refractivity contribution in [3.05, 3.63) is 59.7 Å². The summed E-state index contributed by atoms with van der Waals surface area (Å²) in [6, 6.07) is 11.0. The maximum atomic E-state index is 12.3. The Morgan fingerprint density at radius 1 is 1.32 bits per heavy atom. The summed E-state index contributed by atoms with van der Waals surface area (Å²) in [5, 5.41) is 7.15. The van der Waals surface area contributed by atoms with Crippen LogP contribution in [0.15, 0.2) is 47.0 Å². The quantitative estimate of drug-likeness (QED) is 0.802. The smallest absolute Gasteiger partial charge is 0.269 e. The van der Waals surface area contributed by atoms with Gasteiger partial charge in [-0.05, 0) is 31.2 Å². The van der Waals surface area contributed by atoms with Crippen molar-refractivity contribution in [3.63, 3.8) is 0 Å². The van der Waals surface area contributed by atoms with Gasteiger partial charge in [-0.15, -0.1) is 0 Å². The van der Waals surface area contributed by atoms with E-state index in [4.69, 9.17) is 4.42 Å². The van der Waals surface area contributed by atoms with Crippen LogP contribution in [0.1, 0.15) is 21.9 Å². The first-order chi connectivity index (χ1) is 10.6. The van der Waals surface area contributed by atoms with Gasteiger partial charge in [-0.2, -0.15) is 5.10 Å². The van der Waals surface area contributed by atoms with E-state index in [2.05, 4.69) is 15.4 Å². The number of rotatable bonds is 4. The third-order valence-corrected chi connectivity index (χ3v) is 3.26. The summed E-state index contributed by atoms with van der Waals surface area (Å²) < 4.78 is 7.07. The average Bonchev–Trinajstić information content (AvgIpc) is 3.12. The molecule has 3 aromatic rings. The van der Waals surface area contributed by atoms with Crippen molar-refractivity contribution in [2.45, 2.75) is 13.5 Å². The second kappa shape index (κ2) is 5.85. The Bertz CT molecular complexity index is 790. The van der Waals surface area contributed by atoms with Crippen molar-refractivity contribution in [2.75, 3.05) is 0 Å². The molecule has 3 rings (SSSR count). The van der Waals surface area contributed by atoms with Crippen molar-refractivity contribution in [1.29, 1.82) is 0 Å². The fourth-order valence-electron chi connectivity index (χ4n) is 2.14. The molecule has 0 saturated carbocycles. The van der Waals surface area contributed by atoms with E-state index in [1.165, 1.54) is 0 Å². The van der Waals surface area contributed by atoms with Crippen LogP contribution in [0.3, 0.4) is 0 Å². The minimum Gasteiger partial charge on any atom is -0.460 e. The lowest BCUT2D eigenvalue weighted by Gasteiger charge is -2.04.